The Morgan fingerprint density at radius 3 is 2.19 bits per heavy atom. The van der Waals surface area contributed by atoms with Crippen molar-refractivity contribution in [1.29, 1.82) is 0 Å². The maximum Gasteiger partial charge on any atom is 0.152 e. The Kier molecular flexibility index (Phi) is 3.32. The van der Waals surface area contributed by atoms with Gasteiger partial charge in [0.05, 0.1) is 5.60 Å². The van der Waals surface area contributed by atoms with Gasteiger partial charge in [-0.2, -0.15) is 0 Å². The van der Waals surface area contributed by atoms with E-state index in [-0.39, 0.29) is 5.78 Å². The summed E-state index contributed by atoms with van der Waals surface area (Å²) >= 11 is 0. The number of carbonyl (C=O) groups excluding carboxylic acids is 1. The summed E-state index contributed by atoms with van der Waals surface area (Å²) < 4.78 is 0. The highest BCUT2D eigenvalue weighted by molar-refractivity contribution is 5.87. The molecule has 0 aliphatic heterocycles. The third kappa shape index (κ3) is 2.06. The molecule has 3 heteroatoms. The van der Waals surface area contributed by atoms with E-state index in [0.29, 0.717) is 6.42 Å². The van der Waals surface area contributed by atoms with Crippen molar-refractivity contribution in [3.05, 3.63) is 12.2 Å². The molecule has 1 rings (SSSR count). The summed E-state index contributed by atoms with van der Waals surface area (Å²) in [5.74, 6) is -0.120. The molecule has 1 fully saturated rings. The maximum absolute atomic E-state index is 11.0. The highest BCUT2D eigenvalue weighted by atomic mass is 16.4. The molecule has 0 aromatic carbocycles. The van der Waals surface area contributed by atoms with Crippen molar-refractivity contribution in [3.8, 4) is 0 Å². The number of hydrogen-bond acceptors (Lipinski definition) is 3. The lowest BCUT2D eigenvalue weighted by Gasteiger charge is -2.53. The number of allylic oxidation sites excluding steroid dienone is 1. The van der Waals surface area contributed by atoms with Gasteiger partial charge < -0.3 is 10.2 Å². The van der Waals surface area contributed by atoms with Crippen LogP contribution in [-0.2, 0) is 4.79 Å². The Balaban J connectivity index is 3.15. The minimum atomic E-state index is -1.34. The first kappa shape index (κ1) is 13.4. The summed E-state index contributed by atoms with van der Waals surface area (Å²) in [4.78, 5) is 11.0. The third-order valence-electron chi connectivity index (χ3n) is 3.88. The van der Waals surface area contributed by atoms with Gasteiger partial charge in [-0.25, -0.2) is 0 Å². The highest BCUT2D eigenvalue weighted by Crippen LogP contribution is 2.49. The zero-order valence-corrected chi connectivity index (χ0v) is 10.6. The van der Waals surface area contributed by atoms with Crippen molar-refractivity contribution in [1.82, 2.24) is 0 Å². The zero-order valence-electron chi connectivity index (χ0n) is 10.6. The van der Waals surface area contributed by atoms with Gasteiger partial charge in [-0.15, -0.1) is 0 Å². The summed E-state index contributed by atoms with van der Waals surface area (Å²) in [7, 11) is 0. The van der Waals surface area contributed by atoms with E-state index in [2.05, 4.69) is 0 Å². The summed E-state index contributed by atoms with van der Waals surface area (Å²) in [5, 5.41) is 21.0. The number of aliphatic hydroxyl groups is 2. The predicted molar refractivity (Wildman–Crippen MR) is 63.0 cm³/mol. The van der Waals surface area contributed by atoms with Gasteiger partial charge >= 0.3 is 0 Å². The molecule has 0 saturated heterocycles. The maximum atomic E-state index is 11.0. The van der Waals surface area contributed by atoms with Gasteiger partial charge in [0.2, 0.25) is 0 Å². The van der Waals surface area contributed by atoms with E-state index in [0.717, 1.165) is 12.8 Å². The first-order valence-corrected chi connectivity index (χ1v) is 5.77. The van der Waals surface area contributed by atoms with Crippen LogP contribution in [0.25, 0.3) is 0 Å². The number of rotatable bonds is 2. The second-order valence-corrected chi connectivity index (χ2v) is 5.72. The van der Waals surface area contributed by atoms with Gasteiger partial charge in [0.25, 0.3) is 0 Å². The number of hydrogen-bond donors (Lipinski definition) is 2. The Morgan fingerprint density at radius 2 is 1.75 bits per heavy atom. The van der Waals surface area contributed by atoms with Crippen LogP contribution in [0, 0.1) is 5.41 Å². The molecule has 1 saturated carbocycles. The van der Waals surface area contributed by atoms with E-state index >= 15 is 0 Å². The molecule has 0 spiro atoms. The van der Waals surface area contributed by atoms with Gasteiger partial charge in [0, 0.05) is 0 Å². The molecule has 2 N–H and O–H groups in total. The molecule has 0 aromatic heterocycles. The van der Waals surface area contributed by atoms with E-state index in [1.807, 2.05) is 13.8 Å². The van der Waals surface area contributed by atoms with Crippen LogP contribution in [0.4, 0.5) is 0 Å². The lowest BCUT2D eigenvalue weighted by Crippen LogP contribution is -2.62. The lowest BCUT2D eigenvalue weighted by atomic mass is 9.58. The topological polar surface area (TPSA) is 57.5 Å². The molecule has 2 atom stereocenters. The summed E-state index contributed by atoms with van der Waals surface area (Å²) in [6.45, 7) is 6.92. The van der Waals surface area contributed by atoms with Crippen molar-refractivity contribution < 1.29 is 15.0 Å². The fourth-order valence-electron chi connectivity index (χ4n) is 2.63. The van der Waals surface area contributed by atoms with Crippen LogP contribution < -0.4 is 0 Å². The highest BCUT2D eigenvalue weighted by Gasteiger charge is 2.56. The number of ketones is 1. The standard InChI is InChI=1S/C13H22O3/c1-10(14)6-9-13(16)11(2,3)7-5-8-12(13,4)15/h6,9,15-16H,5,7-8H2,1-4H3/b9-6+/t12-,13-/m0/s1. The van der Waals surface area contributed by atoms with E-state index in [4.69, 9.17) is 0 Å². The van der Waals surface area contributed by atoms with E-state index < -0.39 is 16.6 Å². The normalized spacial score (nSPS) is 38.9. The van der Waals surface area contributed by atoms with Crippen LogP contribution in [0.2, 0.25) is 0 Å². The van der Waals surface area contributed by atoms with Crippen LogP contribution >= 0.6 is 0 Å². The Labute approximate surface area is 97.2 Å². The summed E-state index contributed by atoms with van der Waals surface area (Å²) in [6, 6.07) is 0. The Bertz CT molecular complexity index is 297. The summed E-state index contributed by atoms with van der Waals surface area (Å²) in [5.41, 5.74) is -2.95. The van der Waals surface area contributed by atoms with Crippen LogP contribution in [0.15, 0.2) is 12.2 Å². The van der Waals surface area contributed by atoms with E-state index in [1.165, 1.54) is 19.1 Å². The van der Waals surface area contributed by atoms with Crippen molar-refractivity contribution in [2.24, 2.45) is 5.41 Å². The minimum absolute atomic E-state index is 0.120. The molecular weight excluding hydrogens is 204 g/mol. The predicted octanol–water partition coefficient (Wildman–Crippen LogP) is 1.82. The molecule has 0 bridgehead atoms. The fourth-order valence-corrected chi connectivity index (χ4v) is 2.63. The van der Waals surface area contributed by atoms with Crippen LogP contribution in [-0.4, -0.2) is 27.2 Å². The summed E-state index contributed by atoms with van der Waals surface area (Å²) in [6.07, 6.45) is 5.09. The van der Waals surface area contributed by atoms with Crippen molar-refractivity contribution in [2.45, 2.75) is 58.2 Å². The van der Waals surface area contributed by atoms with Gasteiger partial charge in [-0.1, -0.05) is 13.8 Å². The monoisotopic (exact) mass is 226 g/mol. The zero-order chi connectivity index (χ0) is 12.6. The fraction of sp³-hybridized carbons (Fsp3) is 0.769. The molecule has 1 aliphatic rings. The first-order valence-electron chi connectivity index (χ1n) is 5.77. The largest absolute Gasteiger partial charge is 0.387 e. The van der Waals surface area contributed by atoms with Crippen LogP contribution in [0.1, 0.15) is 47.0 Å². The van der Waals surface area contributed by atoms with E-state index in [9.17, 15) is 15.0 Å². The van der Waals surface area contributed by atoms with Gasteiger partial charge in [-0.3, -0.25) is 4.79 Å². The molecule has 0 amide bonds. The van der Waals surface area contributed by atoms with Crippen molar-refractivity contribution in [3.63, 3.8) is 0 Å². The molecule has 0 unspecified atom stereocenters. The third-order valence-corrected chi connectivity index (χ3v) is 3.88. The lowest BCUT2D eigenvalue weighted by molar-refractivity contribution is -0.194. The molecule has 92 valence electrons. The van der Waals surface area contributed by atoms with Crippen LogP contribution in [0.3, 0.4) is 0 Å². The van der Waals surface area contributed by atoms with E-state index in [1.54, 1.807) is 6.92 Å². The van der Waals surface area contributed by atoms with Gasteiger partial charge in [-0.05, 0) is 50.7 Å². The Hall–Kier alpha value is -0.670. The molecule has 0 radical (unpaired) electrons. The smallest absolute Gasteiger partial charge is 0.152 e. The molecular formula is C13H22O3. The molecule has 16 heavy (non-hydrogen) atoms. The van der Waals surface area contributed by atoms with Gasteiger partial charge in [0.1, 0.15) is 5.60 Å². The van der Waals surface area contributed by atoms with Crippen molar-refractivity contribution >= 4 is 5.78 Å². The molecule has 3 nitrogen and oxygen atoms in total. The van der Waals surface area contributed by atoms with Crippen molar-refractivity contribution in [2.75, 3.05) is 0 Å². The Morgan fingerprint density at radius 1 is 1.19 bits per heavy atom. The van der Waals surface area contributed by atoms with Crippen LogP contribution in [0.5, 0.6) is 0 Å². The second-order valence-electron chi connectivity index (χ2n) is 5.72. The number of carbonyl (C=O) groups is 1. The first-order chi connectivity index (χ1) is 7.12. The molecule has 1 aliphatic carbocycles. The SMILES string of the molecule is CC(=O)/C=C/[C@]1(O)C(C)(C)CCC[C@]1(C)O. The average molecular weight is 226 g/mol. The quantitative estimate of drug-likeness (QED) is 0.706. The van der Waals surface area contributed by atoms with Gasteiger partial charge in [0.15, 0.2) is 5.78 Å². The second kappa shape index (κ2) is 3.97. The average Bonchev–Trinajstić information content (AvgIpc) is 2.10. The minimum Gasteiger partial charge on any atom is -0.387 e. The molecule has 0 aromatic rings. The molecule has 0 heterocycles.